The Morgan fingerprint density at radius 3 is 2.81 bits per heavy atom. The topological polar surface area (TPSA) is 101 Å². The van der Waals surface area contributed by atoms with E-state index in [4.69, 9.17) is 9.84 Å². The van der Waals surface area contributed by atoms with Gasteiger partial charge in [-0.05, 0) is 32.3 Å². The number of rotatable bonds is 5. The van der Waals surface area contributed by atoms with Crippen molar-refractivity contribution in [2.45, 2.75) is 45.3 Å². The van der Waals surface area contributed by atoms with Crippen LogP contribution in [0, 0.1) is 6.92 Å². The normalized spacial score (nSPS) is 21.2. The second-order valence-corrected chi connectivity index (χ2v) is 5.07. The van der Waals surface area contributed by atoms with Crippen LogP contribution in [-0.2, 0) is 16.0 Å². The van der Waals surface area contributed by atoms with Crippen LogP contribution in [-0.4, -0.2) is 45.9 Å². The lowest BCUT2D eigenvalue weighted by Crippen LogP contribution is -2.33. The van der Waals surface area contributed by atoms with Crippen LogP contribution in [0.1, 0.15) is 41.5 Å². The molecule has 7 nitrogen and oxygen atoms in total. The van der Waals surface area contributed by atoms with Gasteiger partial charge in [-0.25, -0.2) is 4.79 Å². The smallest absolute Gasteiger partial charge is 0.332 e. The summed E-state index contributed by atoms with van der Waals surface area (Å²) in [5.74, 6) is -1.18. The van der Waals surface area contributed by atoms with Crippen molar-refractivity contribution in [3.63, 3.8) is 0 Å². The van der Waals surface area contributed by atoms with E-state index >= 15 is 0 Å². The number of carbonyl (C=O) groups is 2. The van der Waals surface area contributed by atoms with E-state index in [0.717, 1.165) is 0 Å². The number of carboxylic acids is 1. The van der Waals surface area contributed by atoms with E-state index in [9.17, 15) is 9.59 Å². The summed E-state index contributed by atoms with van der Waals surface area (Å²) in [4.78, 5) is 23.0. The number of ether oxygens (including phenoxy) is 1. The first kappa shape index (κ1) is 15.4. The number of nitrogens with one attached hydrogen (secondary N) is 1. The van der Waals surface area contributed by atoms with Gasteiger partial charge in [0.05, 0.1) is 23.1 Å². The average Bonchev–Trinajstić information content (AvgIpc) is 2.94. The van der Waals surface area contributed by atoms with Crippen molar-refractivity contribution in [2.24, 2.45) is 0 Å². The molecule has 0 spiro atoms. The maximum atomic E-state index is 12.2. The van der Waals surface area contributed by atoms with Crippen molar-refractivity contribution in [3.8, 4) is 0 Å². The van der Waals surface area contributed by atoms with E-state index in [1.165, 1.54) is 0 Å². The molecule has 7 heteroatoms. The molecule has 2 atom stereocenters. The molecule has 0 aromatic carbocycles. The van der Waals surface area contributed by atoms with Crippen LogP contribution in [0.5, 0.6) is 0 Å². The van der Waals surface area contributed by atoms with Crippen LogP contribution in [0.4, 0.5) is 0 Å². The third-order valence-electron chi connectivity index (χ3n) is 3.45. The molecule has 1 saturated heterocycles. The fourth-order valence-corrected chi connectivity index (χ4v) is 2.31. The van der Waals surface area contributed by atoms with Gasteiger partial charge in [-0.2, -0.15) is 10.2 Å². The third kappa shape index (κ3) is 3.75. The molecule has 0 saturated carbocycles. The van der Waals surface area contributed by atoms with Crippen LogP contribution < -0.4 is 5.32 Å². The molecule has 1 fully saturated rings. The Hall–Kier alpha value is -2.02. The zero-order chi connectivity index (χ0) is 15.4. The van der Waals surface area contributed by atoms with E-state index in [2.05, 4.69) is 15.5 Å². The molecule has 2 unspecified atom stereocenters. The van der Waals surface area contributed by atoms with Crippen LogP contribution >= 0.6 is 0 Å². The lowest BCUT2D eigenvalue weighted by atomic mass is 10.1. The second kappa shape index (κ2) is 6.62. The van der Waals surface area contributed by atoms with Crippen molar-refractivity contribution >= 4 is 11.9 Å². The predicted molar refractivity (Wildman–Crippen MR) is 74.0 cm³/mol. The Morgan fingerprint density at radius 1 is 1.43 bits per heavy atom. The summed E-state index contributed by atoms with van der Waals surface area (Å²) in [5.41, 5.74) is 1.84. The first-order valence-corrected chi connectivity index (χ1v) is 7.01. The van der Waals surface area contributed by atoms with Gasteiger partial charge in [0.15, 0.2) is 6.10 Å². The maximum Gasteiger partial charge on any atom is 0.332 e. The predicted octanol–water partition coefficient (Wildman–Crippen LogP) is 0.709. The first-order chi connectivity index (χ1) is 10.0. The van der Waals surface area contributed by atoms with Gasteiger partial charge in [0, 0.05) is 6.54 Å². The highest BCUT2D eigenvalue weighted by atomic mass is 16.5. The van der Waals surface area contributed by atoms with Crippen LogP contribution in [0.25, 0.3) is 0 Å². The number of hydrogen-bond donors (Lipinski definition) is 2. The number of aromatic nitrogens is 2. The summed E-state index contributed by atoms with van der Waals surface area (Å²) >= 11 is 0. The van der Waals surface area contributed by atoms with Gasteiger partial charge in [0.2, 0.25) is 0 Å². The van der Waals surface area contributed by atoms with Crippen molar-refractivity contribution < 1.29 is 19.4 Å². The quantitative estimate of drug-likeness (QED) is 0.829. The lowest BCUT2D eigenvalue weighted by Gasteiger charge is -2.13. The standard InChI is InChI=1S/C14H19N3O4/c1-3-11-10(6-8(2)16-17-11)13(18)15-7-9-4-5-12(21-9)14(19)20/h6,9,12H,3-5,7H2,1-2H3,(H,15,18)(H,19,20). The summed E-state index contributed by atoms with van der Waals surface area (Å²) < 4.78 is 5.35. The highest BCUT2D eigenvalue weighted by Crippen LogP contribution is 2.19. The van der Waals surface area contributed by atoms with Gasteiger partial charge in [-0.1, -0.05) is 6.92 Å². The lowest BCUT2D eigenvalue weighted by molar-refractivity contribution is -0.149. The highest BCUT2D eigenvalue weighted by Gasteiger charge is 2.30. The number of carbonyl (C=O) groups excluding carboxylic acids is 1. The van der Waals surface area contributed by atoms with E-state index in [0.29, 0.717) is 42.8 Å². The van der Waals surface area contributed by atoms with Gasteiger partial charge >= 0.3 is 5.97 Å². The van der Waals surface area contributed by atoms with Crippen molar-refractivity contribution in [2.75, 3.05) is 6.54 Å². The van der Waals surface area contributed by atoms with E-state index in [1.54, 1.807) is 13.0 Å². The van der Waals surface area contributed by atoms with Gasteiger partial charge < -0.3 is 15.2 Å². The van der Waals surface area contributed by atoms with Gasteiger partial charge in [0.25, 0.3) is 5.91 Å². The molecule has 1 aromatic heterocycles. The number of aryl methyl sites for hydroxylation is 2. The van der Waals surface area contributed by atoms with E-state index in [-0.39, 0.29) is 12.0 Å². The minimum absolute atomic E-state index is 0.229. The zero-order valence-corrected chi connectivity index (χ0v) is 12.1. The Bertz CT molecular complexity index is 547. The molecule has 21 heavy (non-hydrogen) atoms. The highest BCUT2D eigenvalue weighted by molar-refractivity contribution is 5.95. The summed E-state index contributed by atoms with van der Waals surface area (Å²) in [6, 6.07) is 1.71. The average molecular weight is 293 g/mol. The fraction of sp³-hybridized carbons (Fsp3) is 0.571. The molecule has 0 bridgehead atoms. The second-order valence-electron chi connectivity index (χ2n) is 5.07. The molecule has 0 aliphatic carbocycles. The Morgan fingerprint density at radius 2 is 2.19 bits per heavy atom. The van der Waals surface area contributed by atoms with E-state index in [1.807, 2.05) is 6.92 Å². The molecular formula is C14H19N3O4. The van der Waals surface area contributed by atoms with Crippen molar-refractivity contribution in [3.05, 3.63) is 23.0 Å². The number of aliphatic carboxylic acids is 1. The van der Waals surface area contributed by atoms with Gasteiger partial charge in [-0.15, -0.1) is 0 Å². The molecule has 2 rings (SSSR count). The fourth-order valence-electron chi connectivity index (χ4n) is 2.31. The molecular weight excluding hydrogens is 274 g/mol. The number of carboxylic acid groups (broad SMARTS) is 1. The Labute approximate surface area is 122 Å². The van der Waals surface area contributed by atoms with Gasteiger partial charge in [0.1, 0.15) is 0 Å². The molecule has 1 aliphatic heterocycles. The summed E-state index contributed by atoms with van der Waals surface area (Å²) in [6.07, 6.45) is 0.716. The molecule has 1 aliphatic rings. The molecule has 1 amide bonds. The minimum Gasteiger partial charge on any atom is -0.479 e. The largest absolute Gasteiger partial charge is 0.479 e. The van der Waals surface area contributed by atoms with E-state index < -0.39 is 12.1 Å². The summed E-state index contributed by atoms with van der Waals surface area (Å²) in [5, 5.41) is 19.6. The van der Waals surface area contributed by atoms with Gasteiger partial charge in [-0.3, -0.25) is 4.79 Å². The first-order valence-electron chi connectivity index (χ1n) is 7.01. The summed E-state index contributed by atoms with van der Waals surface area (Å²) in [7, 11) is 0. The monoisotopic (exact) mass is 293 g/mol. The Balaban J connectivity index is 1.94. The Kier molecular flexibility index (Phi) is 4.85. The molecule has 1 aromatic rings. The van der Waals surface area contributed by atoms with Crippen LogP contribution in [0.15, 0.2) is 6.07 Å². The zero-order valence-electron chi connectivity index (χ0n) is 12.1. The third-order valence-corrected chi connectivity index (χ3v) is 3.45. The number of hydrogen-bond acceptors (Lipinski definition) is 5. The van der Waals surface area contributed by atoms with Crippen LogP contribution in [0.2, 0.25) is 0 Å². The number of amides is 1. The maximum absolute atomic E-state index is 12.2. The van der Waals surface area contributed by atoms with Crippen molar-refractivity contribution in [1.29, 1.82) is 0 Å². The van der Waals surface area contributed by atoms with Crippen molar-refractivity contribution in [1.82, 2.24) is 15.5 Å². The molecule has 114 valence electrons. The molecule has 2 heterocycles. The number of nitrogens with zero attached hydrogens (tertiary/aromatic N) is 2. The molecule has 2 N–H and O–H groups in total. The summed E-state index contributed by atoms with van der Waals surface area (Å²) in [6.45, 7) is 3.99. The SMILES string of the molecule is CCc1nnc(C)cc1C(=O)NCC1CCC(C(=O)O)O1. The molecule has 0 radical (unpaired) electrons. The minimum atomic E-state index is -0.953. The van der Waals surface area contributed by atoms with Crippen LogP contribution in [0.3, 0.4) is 0 Å².